The Labute approximate surface area is 219 Å². The first-order valence-electron chi connectivity index (χ1n) is 9.52. The fourth-order valence-electron chi connectivity index (χ4n) is 3.17. The van der Waals surface area contributed by atoms with Crippen molar-refractivity contribution in [1.29, 1.82) is 0 Å². The van der Waals surface area contributed by atoms with E-state index in [1.807, 2.05) is 0 Å². The first-order chi connectivity index (χ1) is 16.1. The van der Waals surface area contributed by atoms with Crippen molar-refractivity contribution in [3.63, 3.8) is 0 Å². The number of carbonyl (C=O) groups is 3. The second kappa shape index (κ2) is 9.86. The molecule has 2 N–H and O–H groups in total. The number of hydrogen-bond donors (Lipinski definition) is 2. The fourth-order valence-corrected chi connectivity index (χ4v) is 4.27. The van der Waals surface area contributed by atoms with Crippen LogP contribution in [0.3, 0.4) is 0 Å². The van der Waals surface area contributed by atoms with Crippen molar-refractivity contribution in [1.82, 2.24) is 0 Å². The average molecular weight is 556 g/mol. The number of nitrogens with one attached hydrogen (secondary N) is 2. The molecule has 34 heavy (non-hydrogen) atoms. The van der Waals surface area contributed by atoms with Gasteiger partial charge in [-0.3, -0.25) is 14.4 Å². The molecule has 3 aromatic rings. The molecule has 6 nitrogen and oxygen atoms in total. The Morgan fingerprint density at radius 2 is 1.35 bits per heavy atom. The molecule has 3 aromatic carbocycles. The van der Waals surface area contributed by atoms with Crippen LogP contribution in [0.1, 0.15) is 10.4 Å². The zero-order chi connectivity index (χ0) is 24.6. The highest BCUT2D eigenvalue weighted by Gasteiger charge is 2.40. The minimum absolute atomic E-state index is 0.118. The predicted molar refractivity (Wildman–Crippen MR) is 136 cm³/mol. The van der Waals surface area contributed by atoms with Gasteiger partial charge in [-0.2, -0.15) is 0 Å². The molecule has 0 aromatic heterocycles. The molecule has 0 atom stereocenters. The lowest BCUT2D eigenvalue weighted by Gasteiger charge is -2.17. The summed E-state index contributed by atoms with van der Waals surface area (Å²) in [5.74, 6) is -1.83. The third-order valence-corrected chi connectivity index (χ3v) is 6.06. The van der Waals surface area contributed by atoms with Crippen molar-refractivity contribution in [2.45, 2.75) is 0 Å². The minimum atomic E-state index is -0.741. The Bertz CT molecular complexity index is 1350. The van der Waals surface area contributed by atoms with Crippen LogP contribution < -0.4 is 15.5 Å². The number of imide groups is 1. The van der Waals surface area contributed by atoms with Crippen molar-refractivity contribution in [2.75, 3.05) is 15.5 Å². The van der Waals surface area contributed by atoms with Crippen molar-refractivity contribution < 1.29 is 14.4 Å². The minimum Gasteiger partial charge on any atom is -0.350 e. The highest BCUT2D eigenvalue weighted by molar-refractivity contribution is 6.54. The van der Waals surface area contributed by atoms with Crippen LogP contribution >= 0.6 is 58.0 Å². The topological polar surface area (TPSA) is 78.5 Å². The molecule has 0 fully saturated rings. The summed E-state index contributed by atoms with van der Waals surface area (Å²) >= 11 is 30.2. The van der Waals surface area contributed by atoms with Gasteiger partial charge in [0.15, 0.2) is 0 Å². The van der Waals surface area contributed by atoms with Crippen LogP contribution in [-0.2, 0) is 9.59 Å². The molecule has 4 rings (SSSR count). The molecular weight excluding hydrogens is 544 g/mol. The number of anilines is 3. The Morgan fingerprint density at radius 1 is 0.706 bits per heavy atom. The zero-order valence-electron chi connectivity index (χ0n) is 16.8. The van der Waals surface area contributed by atoms with E-state index in [1.54, 1.807) is 30.3 Å². The number of hydrogen-bond acceptors (Lipinski definition) is 4. The maximum atomic E-state index is 12.9. The van der Waals surface area contributed by atoms with Crippen molar-refractivity contribution >= 4 is 92.8 Å². The smallest absolute Gasteiger partial charge is 0.283 e. The summed E-state index contributed by atoms with van der Waals surface area (Å²) in [4.78, 5) is 39.0. The van der Waals surface area contributed by atoms with E-state index in [2.05, 4.69) is 10.6 Å². The van der Waals surface area contributed by atoms with E-state index in [1.165, 1.54) is 30.3 Å². The number of rotatable bonds is 5. The fraction of sp³-hybridized carbons (Fsp3) is 0. The van der Waals surface area contributed by atoms with Crippen LogP contribution in [0.25, 0.3) is 0 Å². The summed E-state index contributed by atoms with van der Waals surface area (Å²) in [5.41, 5.74) is 1.19. The molecule has 0 spiro atoms. The largest absolute Gasteiger partial charge is 0.350 e. The third-order valence-electron chi connectivity index (χ3n) is 4.71. The van der Waals surface area contributed by atoms with Gasteiger partial charge in [-0.25, -0.2) is 4.90 Å². The molecule has 1 aliphatic rings. The van der Waals surface area contributed by atoms with Crippen molar-refractivity contribution in [3.8, 4) is 0 Å². The number of nitrogens with zero attached hydrogens (tertiary/aromatic N) is 1. The predicted octanol–water partition coefficient (Wildman–Crippen LogP) is 6.99. The second-order valence-corrected chi connectivity index (χ2v) is 9.14. The van der Waals surface area contributed by atoms with Crippen LogP contribution in [0, 0.1) is 0 Å². The molecular formula is C23H12Cl5N3O3. The standard InChI is InChI=1S/C23H12Cl5N3O3/c24-12-3-6-17(27)18(10-12)31-22(33)19(28)20(23(31)34)29-15-4-1-11(2-5-15)21(32)30-16-8-13(25)7-14(26)9-16/h1-10,29H,(H,30,32). The third kappa shape index (κ3) is 5.02. The number of halogens is 5. The van der Waals surface area contributed by atoms with Crippen LogP contribution in [-0.4, -0.2) is 17.7 Å². The maximum absolute atomic E-state index is 12.9. The number of amides is 3. The van der Waals surface area contributed by atoms with Crippen molar-refractivity contribution in [3.05, 3.63) is 97.0 Å². The summed E-state index contributed by atoms with van der Waals surface area (Å²) in [5, 5.41) is 6.45. The van der Waals surface area contributed by atoms with E-state index in [4.69, 9.17) is 58.0 Å². The van der Waals surface area contributed by atoms with E-state index in [9.17, 15) is 14.4 Å². The van der Waals surface area contributed by atoms with E-state index in [-0.39, 0.29) is 21.4 Å². The molecule has 1 heterocycles. The summed E-state index contributed by atoms with van der Waals surface area (Å²) in [6, 6.07) is 15.3. The van der Waals surface area contributed by atoms with Gasteiger partial charge >= 0.3 is 0 Å². The van der Waals surface area contributed by atoms with Crippen LogP contribution in [0.2, 0.25) is 20.1 Å². The van der Waals surface area contributed by atoms with Crippen LogP contribution in [0.15, 0.2) is 71.4 Å². The second-order valence-electron chi connectivity index (χ2n) is 7.05. The van der Waals surface area contributed by atoms with Crippen LogP contribution in [0.5, 0.6) is 0 Å². The van der Waals surface area contributed by atoms with Gasteiger partial charge in [0.05, 0.1) is 10.7 Å². The van der Waals surface area contributed by atoms with Gasteiger partial charge in [-0.15, -0.1) is 0 Å². The van der Waals surface area contributed by atoms with E-state index in [0.29, 0.717) is 32.0 Å². The highest BCUT2D eigenvalue weighted by atomic mass is 35.5. The zero-order valence-corrected chi connectivity index (χ0v) is 20.6. The summed E-state index contributed by atoms with van der Waals surface area (Å²) in [6.45, 7) is 0. The summed E-state index contributed by atoms with van der Waals surface area (Å²) < 4.78 is 0. The lowest BCUT2D eigenvalue weighted by molar-refractivity contribution is -0.120. The van der Waals surface area contributed by atoms with Gasteiger partial charge in [-0.05, 0) is 60.7 Å². The van der Waals surface area contributed by atoms with Gasteiger partial charge in [0.1, 0.15) is 10.7 Å². The van der Waals surface area contributed by atoms with E-state index < -0.39 is 17.7 Å². The molecule has 0 saturated carbocycles. The van der Waals surface area contributed by atoms with Gasteiger partial charge in [0.2, 0.25) is 0 Å². The Balaban J connectivity index is 1.50. The Morgan fingerprint density at radius 3 is 2.00 bits per heavy atom. The van der Waals surface area contributed by atoms with E-state index >= 15 is 0 Å². The first kappa shape index (κ1) is 24.4. The summed E-state index contributed by atoms with van der Waals surface area (Å²) in [7, 11) is 0. The molecule has 11 heteroatoms. The molecule has 0 unspecified atom stereocenters. The normalized spacial score (nSPS) is 13.5. The Hall–Kier alpha value is -2.74. The molecule has 1 aliphatic heterocycles. The molecule has 0 saturated heterocycles. The molecule has 172 valence electrons. The maximum Gasteiger partial charge on any atom is 0.283 e. The number of benzene rings is 3. The van der Waals surface area contributed by atoms with Gasteiger partial charge < -0.3 is 10.6 Å². The Kier molecular flexibility index (Phi) is 7.07. The SMILES string of the molecule is O=C(Nc1cc(Cl)cc(Cl)c1)c1ccc(NC2=C(Cl)C(=O)N(c3cc(Cl)ccc3Cl)C2=O)cc1. The van der Waals surface area contributed by atoms with Crippen molar-refractivity contribution in [2.24, 2.45) is 0 Å². The lowest BCUT2D eigenvalue weighted by atomic mass is 10.2. The van der Waals surface area contributed by atoms with Gasteiger partial charge in [0.25, 0.3) is 17.7 Å². The summed E-state index contributed by atoms with van der Waals surface area (Å²) in [6.07, 6.45) is 0. The average Bonchev–Trinajstić information content (AvgIpc) is 2.98. The molecule has 0 bridgehead atoms. The highest BCUT2D eigenvalue weighted by Crippen LogP contribution is 2.35. The monoisotopic (exact) mass is 553 g/mol. The molecule has 3 amide bonds. The number of carbonyl (C=O) groups excluding carboxylic acids is 3. The quantitative estimate of drug-likeness (QED) is 0.333. The molecule has 0 aliphatic carbocycles. The van der Waals surface area contributed by atoms with Gasteiger partial charge in [0, 0.05) is 32.0 Å². The lowest BCUT2D eigenvalue weighted by Crippen LogP contribution is -2.32. The van der Waals surface area contributed by atoms with E-state index in [0.717, 1.165) is 4.90 Å². The van der Waals surface area contributed by atoms with Gasteiger partial charge in [-0.1, -0.05) is 58.0 Å². The van der Waals surface area contributed by atoms with Crippen LogP contribution in [0.4, 0.5) is 17.1 Å². The first-order valence-corrected chi connectivity index (χ1v) is 11.4. The molecule has 0 radical (unpaired) electrons.